The smallest absolute Gasteiger partial charge is 0.0443 e. The number of halogens is 1. The fraction of sp³-hybridized carbons (Fsp3) is 0.500. The van der Waals surface area contributed by atoms with Crippen molar-refractivity contribution in [3.8, 4) is 0 Å². The fourth-order valence-corrected chi connectivity index (χ4v) is 5.46. The number of fused-ring (bicyclic) bond motifs is 3. The standard InChI is InChI=1S/C24H30ClN/c1-14-10-15(25)11-20-21(14)24(6,7)18-12-16-17(13-19(18)26-20)23(4,5)9-8-22(16,2)3/h10-13,26H,8-9H2,1-7H3. The zero-order valence-electron chi connectivity index (χ0n) is 17.1. The predicted octanol–water partition coefficient (Wildman–Crippen LogP) is 7.38. The Morgan fingerprint density at radius 2 is 1.35 bits per heavy atom. The van der Waals surface area contributed by atoms with Gasteiger partial charge in [0, 0.05) is 21.8 Å². The van der Waals surface area contributed by atoms with Crippen LogP contribution in [-0.2, 0) is 16.2 Å². The van der Waals surface area contributed by atoms with Crippen molar-refractivity contribution in [1.29, 1.82) is 0 Å². The van der Waals surface area contributed by atoms with Gasteiger partial charge in [-0.15, -0.1) is 0 Å². The molecule has 0 aromatic heterocycles. The lowest BCUT2D eigenvalue weighted by Gasteiger charge is -2.45. The summed E-state index contributed by atoms with van der Waals surface area (Å²) in [7, 11) is 0. The van der Waals surface area contributed by atoms with Gasteiger partial charge in [-0.25, -0.2) is 0 Å². The maximum atomic E-state index is 6.36. The Labute approximate surface area is 163 Å². The summed E-state index contributed by atoms with van der Waals surface area (Å²) < 4.78 is 0. The molecule has 1 nitrogen and oxygen atoms in total. The van der Waals surface area contributed by atoms with Gasteiger partial charge < -0.3 is 5.32 Å². The van der Waals surface area contributed by atoms with E-state index in [1.54, 1.807) is 0 Å². The van der Waals surface area contributed by atoms with E-state index in [2.05, 4.69) is 78.0 Å². The number of hydrogen-bond donors (Lipinski definition) is 1. The first-order valence-corrected chi connectivity index (χ1v) is 10.1. The van der Waals surface area contributed by atoms with Crippen molar-refractivity contribution >= 4 is 23.0 Å². The minimum atomic E-state index is -0.0444. The quantitative estimate of drug-likeness (QED) is 0.512. The molecule has 138 valence electrons. The zero-order chi connectivity index (χ0) is 19.1. The number of benzene rings is 2. The summed E-state index contributed by atoms with van der Waals surface area (Å²) in [6.07, 6.45) is 2.47. The molecule has 26 heavy (non-hydrogen) atoms. The lowest BCUT2D eigenvalue weighted by molar-refractivity contribution is 0.331. The van der Waals surface area contributed by atoms with Gasteiger partial charge in [0.1, 0.15) is 0 Å². The van der Waals surface area contributed by atoms with Crippen LogP contribution in [0.1, 0.15) is 82.2 Å². The first-order valence-electron chi connectivity index (χ1n) is 9.71. The van der Waals surface area contributed by atoms with Crippen LogP contribution in [0.5, 0.6) is 0 Å². The summed E-state index contributed by atoms with van der Waals surface area (Å²) in [5.41, 5.74) is 9.85. The molecule has 0 bridgehead atoms. The average Bonchev–Trinajstić information content (AvgIpc) is 2.50. The van der Waals surface area contributed by atoms with Crippen molar-refractivity contribution in [3.63, 3.8) is 0 Å². The Morgan fingerprint density at radius 1 is 0.769 bits per heavy atom. The van der Waals surface area contributed by atoms with Crippen molar-refractivity contribution < 1.29 is 0 Å². The van der Waals surface area contributed by atoms with E-state index < -0.39 is 0 Å². The Hall–Kier alpha value is -1.47. The van der Waals surface area contributed by atoms with E-state index >= 15 is 0 Å². The predicted molar refractivity (Wildman–Crippen MR) is 113 cm³/mol. The first-order chi connectivity index (χ1) is 11.9. The molecular weight excluding hydrogens is 338 g/mol. The number of aryl methyl sites for hydroxylation is 1. The molecule has 2 aromatic carbocycles. The second-order valence-electron chi connectivity index (χ2n) is 10.1. The molecule has 0 saturated heterocycles. The van der Waals surface area contributed by atoms with Crippen LogP contribution in [0.25, 0.3) is 0 Å². The number of rotatable bonds is 0. The molecule has 1 aliphatic heterocycles. The molecule has 1 aliphatic carbocycles. The lowest BCUT2D eigenvalue weighted by Crippen LogP contribution is -2.36. The van der Waals surface area contributed by atoms with Crippen molar-refractivity contribution in [2.75, 3.05) is 5.32 Å². The SMILES string of the molecule is Cc1cc(Cl)cc2c1C(C)(C)c1cc3c(cc1N2)C(C)(C)CCC3(C)C. The van der Waals surface area contributed by atoms with Gasteiger partial charge in [-0.3, -0.25) is 0 Å². The van der Waals surface area contributed by atoms with E-state index in [1.807, 2.05) is 0 Å². The van der Waals surface area contributed by atoms with Gasteiger partial charge in [-0.1, -0.05) is 59.2 Å². The third-order valence-electron chi connectivity index (χ3n) is 6.86. The van der Waals surface area contributed by atoms with Gasteiger partial charge in [0.2, 0.25) is 0 Å². The van der Waals surface area contributed by atoms with E-state index in [0.717, 1.165) is 10.7 Å². The van der Waals surface area contributed by atoms with Crippen LogP contribution < -0.4 is 5.32 Å². The van der Waals surface area contributed by atoms with Gasteiger partial charge >= 0.3 is 0 Å². The van der Waals surface area contributed by atoms with Crippen LogP contribution in [0, 0.1) is 6.92 Å². The molecule has 0 unspecified atom stereocenters. The van der Waals surface area contributed by atoms with E-state index in [9.17, 15) is 0 Å². The Kier molecular flexibility index (Phi) is 3.64. The van der Waals surface area contributed by atoms with E-state index in [-0.39, 0.29) is 16.2 Å². The summed E-state index contributed by atoms with van der Waals surface area (Å²) in [6.45, 7) is 16.4. The summed E-state index contributed by atoms with van der Waals surface area (Å²) in [5, 5.41) is 4.51. The van der Waals surface area contributed by atoms with Gasteiger partial charge in [0.05, 0.1) is 0 Å². The molecule has 0 atom stereocenters. The highest BCUT2D eigenvalue weighted by Crippen LogP contribution is 2.53. The van der Waals surface area contributed by atoms with Crippen molar-refractivity contribution in [1.82, 2.24) is 0 Å². The normalized spacial score (nSPS) is 21.2. The molecule has 1 N–H and O–H groups in total. The van der Waals surface area contributed by atoms with Crippen LogP contribution in [0.2, 0.25) is 5.02 Å². The Balaban J connectivity index is 2.00. The topological polar surface area (TPSA) is 12.0 Å². The van der Waals surface area contributed by atoms with Crippen LogP contribution in [0.3, 0.4) is 0 Å². The van der Waals surface area contributed by atoms with Crippen LogP contribution in [0.4, 0.5) is 11.4 Å². The summed E-state index contributed by atoms with van der Waals surface area (Å²) in [5.74, 6) is 0. The summed E-state index contributed by atoms with van der Waals surface area (Å²) in [6, 6.07) is 9.07. The maximum Gasteiger partial charge on any atom is 0.0443 e. The van der Waals surface area contributed by atoms with Crippen LogP contribution in [0.15, 0.2) is 24.3 Å². The number of anilines is 2. The van der Waals surface area contributed by atoms with Gasteiger partial charge in [-0.05, 0) is 76.6 Å². The third kappa shape index (κ3) is 2.43. The molecule has 0 radical (unpaired) electrons. The second kappa shape index (κ2) is 5.29. The summed E-state index contributed by atoms with van der Waals surface area (Å²) >= 11 is 6.36. The average molecular weight is 368 g/mol. The molecule has 2 aliphatic rings. The van der Waals surface area contributed by atoms with Crippen LogP contribution in [-0.4, -0.2) is 0 Å². The Morgan fingerprint density at radius 3 is 1.96 bits per heavy atom. The molecule has 2 heteroatoms. The molecule has 0 amide bonds. The Bertz CT molecular complexity index is 918. The molecule has 1 heterocycles. The van der Waals surface area contributed by atoms with Crippen molar-refractivity contribution in [3.05, 3.63) is 57.1 Å². The van der Waals surface area contributed by atoms with E-state index in [0.29, 0.717) is 0 Å². The minimum absolute atomic E-state index is 0.0444. The highest BCUT2D eigenvalue weighted by Gasteiger charge is 2.41. The molecule has 0 spiro atoms. The molecule has 2 aromatic rings. The fourth-order valence-electron chi connectivity index (χ4n) is 5.19. The largest absolute Gasteiger partial charge is 0.355 e. The van der Waals surface area contributed by atoms with Gasteiger partial charge in [-0.2, -0.15) is 0 Å². The zero-order valence-corrected chi connectivity index (χ0v) is 17.9. The number of nitrogens with one attached hydrogen (secondary N) is 1. The third-order valence-corrected chi connectivity index (χ3v) is 7.08. The molecule has 0 fully saturated rings. The minimum Gasteiger partial charge on any atom is -0.355 e. The van der Waals surface area contributed by atoms with E-state index in [4.69, 9.17) is 11.6 Å². The molecule has 4 rings (SSSR count). The van der Waals surface area contributed by atoms with Crippen molar-refractivity contribution in [2.24, 2.45) is 0 Å². The molecular formula is C24H30ClN. The van der Waals surface area contributed by atoms with Crippen LogP contribution >= 0.6 is 11.6 Å². The monoisotopic (exact) mass is 367 g/mol. The first kappa shape index (κ1) is 17.9. The lowest BCUT2D eigenvalue weighted by atomic mass is 9.61. The van der Waals surface area contributed by atoms with E-state index in [1.165, 1.54) is 46.3 Å². The van der Waals surface area contributed by atoms with Crippen molar-refractivity contribution in [2.45, 2.75) is 77.6 Å². The highest BCUT2D eigenvalue weighted by molar-refractivity contribution is 6.31. The maximum absolute atomic E-state index is 6.36. The summed E-state index contributed by atoms with van der Waals surface area (Å²) in [4.78, 5) is 0. The highest BCUT2D eigenvalue weighted by atomic mass is 35.5. The number of hydrogen-bond acceptors (Lipinski definition) is 1. The van der Waals surface area contributed by atoms with Gasteiger partial charge in [0.15, 0.2) is 0 Å². The van der Waals surface area contributed by atoms with Gasteiger partial charge in [0.25, 0.3) is 0 Å². The molecule has 0 saturated carbocycles. The second-order valence-corrected chi connectivity index (χ2v) is 10.5.